The van der Waals surface area contributed by atoms with Crippen LogP contribution < -0.4 is 0 Å². The molecule has 0 aromatic heterocycles. The topological polar surface area (TPSA) is 0 Å². The van der Waals surface area contributed by atoms with Crippen molar-refractivity contribution in [2.24, 2.45) is 0 Å². The molecule has 0 amide bonds. The number of halogens is 3. The van der Waals surface area contributed by atoms with E-state index in [2.05, 4.69) is 0 Å². The molecule has 0 atom stereocenters. The molecule has 92 valence electrons. The van der Waals surface area contributed by atoms with E-state index in [1.165, 1.54) is 6.07 Å². The zero-order valence-electron chi connectivity index (χ0n) is 10.3. The second-order valence-corrected chi connectivity index (χ2v) is 3.20. The lowest BCUT2D eigenvalue weighted by Crippen LogP contribution is -2.09. The first kappa shape index (κ1) is 15.0. The van der Waals surface area contributed by atoms with E-state index in [1.54, 1.807) is 19.1 Å². The Morgan fingerprint density at radius 2 is 1.56 bits per heavy atom. The fourth-order valence-corrected chi connectivity index (χ4v) is 1.42. The normalized spacial score (nSPS) is 10.7. The van der Waals surface area contributed by atoms with Crippen LogP contribution in [0.25, 0.3) is 0 Å². The molecule has 0 spiro atoms. The van der Waals surface area contributed by atoms with Crippen LogP contribution in [0.2, 0.25) is 0 Å². The van der Waals surface area contributed by atoms with Crippen LogP contribution in [0, 0.1) is 0 Å². The fraction of sp³-hybridized carbons (Fsp3) is 0.538. The summed E-state index contributed by atoms with van der Waals surface area (Å²) in [5.74, 6) is 0. The highest BCUT2D eigenvalue weighted by Gasteiger charge is 2.32. The minimum Gasteiger partial charge on any atom is -0.166 e. The van der Waals surface area contributed by atoms with Crippen LogP contribution in [0.1, 0.15) is 44.4 Å². The van der Waals surface area contributed by atoms with Gasteiger partial charge in [0.1, 0.15) is 0 Å². The van der Waals surface area contributed by atoms with Crippen LogP contribution in [0.3, 0.4) is 0 Å². The lowest BCUT2D eigenvalue weighted by atomic mass is 10.0. The highest BCUT2D eigenvalue weighted by Crippen LogP contribution is 2.32. The van der Waals surface area contributed by atoms with Gasteiger partial charge in [-0.25, -0.2) is 0 Å². The van der Waals surface area contributed by atoms with Gasteiger partial charge in [-0.2, -0.15) is 13.2 Å². The third-order valence-corrected chi connectivity index (χ3v) is 2.27. The summed E-state index contributed by atoms with van der Waals surface area (Å²) >= 11 is 0. The van der Waals surface area contributed by atoms with Crippen LogP contribution in [0.4, 0.5) is 13.2 Å². The van der Waals surface area contributed by atoms with Crippen molar-refractivity contribution in [3.05, 3.63) is 34.9 Å². The molecule has 0 nitrogen and oxygen atoms in total. The minimum atomic E-state index is -4.23. The summed E-state index contributed by atoms with van der Waals surface area (Å²) in [7, 11) is 0. The summed E-state index contributed by atoms with van der Waals surface area (Å²) in [6.07, 6.45) is -3.18. The van der Waals surface area contributed by atoms with E-state index in [4.69, 9.17) is 0 Å². The number of rotatable bonds is 2. The predicted molar refractivity (Wildman–Crippen MR) is 61.5 cm³/mol. The first-order chi connectivity index (χ1) is 7.49. The number of aryl methyl sites for hydroxylation is 2. The van der Waals surface area contributed by atoms with Crippen molar-refractivity contribution in [1.82, 2.24) is 0 Å². The van der Waals surface area contributed by atoms with Crippen LogP contribution in [0.15, 0.2) is 18.2 Å². The van der Waals surface area contributed by atoms with Gasteiger partial charge >= 0.3 is 6.18 Å². The van der Waals surface area contributed by atoms with Crippen LogP contribution in [-0.2, 0) is 19.0 Å². The maximum atomic E-state index is 12.6. The first-order valence-corrected chi connectivity index (χ1v) is 5.68. The smallest absolute Gasteiger partial charge is 0.166 e. The van der Waals surface area contributed by atoms with E-state index in [9.17, 15) is 13.2 Å². The van der Waals surface area contributed by atoms with Gasteiger partial charge in [0.15, 0.2) is 0 Å². The van der Waals surface area contributed by atoms with E-state index >= 15 is 0 Å². The molecule has 0 aliphatic rings. The Bertz CT molecular complexity index is 313. The number of hydrogen-bond acceptors (Lipinski definition) is 0. The van der Waals surface area contributed by atoms with Gasteiger partial charge in [0, 0.05) is 0 Å². The van der Waals surface area contributed by atoms with Crippen molar-refractivity contribution < 1.29 is 13.2 Å². The fourth-order valence-electron chi connectivity index (χ4n) is 1.42. The van der Waals surface area contributed by atoms with Crippen molar-refractivity contribution in [2.45, 2.75) is 46.7 Å². The Morgan fingerprint density at radius 3 is 1.94 bits per heavy atom. The molecule has 1 rings (SSSR count). The van der Waals surface area contributed by atoms with Gasteiger partial charge in [0.25, 0.3) is 0 Å². The average molecular weight is 232 g/mol. The van der Waals surface area contributed by atoms with Crippen molar-refractivity contribution in [3.63, 3.8) is 0 Å². The van der Waals surface area contributed by atoms with E-state index in [0.717, 1.165) is 5.56 Å². The third-order valence-electron chi connectivity index (χ3n) is 2.27. The van der Waals surface area contributed by atoms with E-state index in [0.29, 0.717) is 18.4 Å². The van der Waals surface area contributed by atoms with Crippen LogP contribution in [-0.4, -0.2) is 0 Å². The standard InChI is InChI=1S/C11H13F3.C2H6/c1-3-8-5-6-9(4-2)10(7-8)11(12,13)14;1-2/h5-7H,3-4H2,1-2H3;1-2H3. The van der Waals surface area contributed by atoms with Gasteiger partial charge in [0.2, 0.25) is 0 Å². The van der Waals surface area contributed by atoms with E-state index < -0.39 is 11.7 Å². The molecule has 16 heavy (non-hydrogen) atoms. The molecule has 0 fully saturated rings. The monoisotopic (exact) mass is 232 g/mol. The second-order valence-electron chi connectivity index (χ2n) is 3.20. The Balaban J connectivity index is 0.00000106. The molecule has 0 N–H and O–H groups in total. The highest BCUT2D eigenvalue weighted by molar-refractivity contribution is 5.34. The molecular formula is C13H19F3. The lowest BCUT2D eigenvalue weighted by Gasteiger charge is -2.12. The Kier molecular flexibility index (Phi) is 6.16. The van der Waals surface area contributed by atoms with Gasteiger partial charge in [-0.1, -0.05) is 39.8 Å². The zero-order chi connectivity index (χ0) is 12.8. The van der Waals surface area contributed by atoms with Gasteiger partial charge in [-0.15, -0.1) is 0 Å². The molecule has 0 saturated carbocycles. The molecular weight excluding hydrogens is 213 g/mol. The predicted octanol–water partition coefficient (Wildman–Crippen LogP) is 4.86. The number of hydrogen-bond donors (Lipinski definition) is 0. The summed E-state index contributed by atoms with van der Waals surface area (Å²) in [5, 5.41) is 0. The van der Waals surface area contributed by atoms with Crippen LogP contribution >= 0.6 is 0 Å². The van der Waals surface area contributed by atoms with E-state index in [-0.39, 0.29) is 0 Å². The summed E-state index contributed by atoms with van der Waals surface area (Å²) in [6, 6.07) is 4.58. The lowest BCUT2D eigenvalue weighted by molar-refractivity contribution is -0.138. The third kappa shape index (κ3) is 3.87. The molecule has 1 aromatic carbocycles. The van der Waals surface area contributed by atoms with Crippen molar-refractivity contribution in [2.75, 3.05) is 0 Å². The minimum absolute atomic E-state index is 0.370. The van der Waals surface area contributed by atoms with Gasteiger partial charge in [0.05, 0.1) is 5.56 Å². The molecule has 0 saturated heterocycles. The van der Waals surface area contributed by atoms with Gasteiger partial charge in [-0.3, -0.25) is 0 Å². The molecule has 0 heterocycles. The summed E-state index contributed by atoms with van der Waals surface area (Å²) in [4.78, 5) is 0. The summed E-state index contributed by atoms with van der Waals surface area (Å²) in [6.45, 7) is 7.58. The highest BCUT2D eigenvalue weighted by atomic mass is 19.4. The van der Waals surface area contributed by atoms with Crippen molar-refractivity contribution >= 4 is 0 Å². The molecule has 0 radical (unpaired) electrons. The van der Waals surface area contributed by atoms with Gasteiger partial charge in [-0.05, 0) is 30.0 Å². The van der Waals surface area contributed by atoms with Crippen molar-refractivity contribution in [3.8, 4) is 0 Å². The van der Waals surface area contributed by atoms with E-state index in [1.807, 2.05) is 20.8 Å². The summed E-state index contributed by atoms with van der Waals surface area (Å²) in [5.41, 5.74) is 0.614. The Morgan fingerprint density at radius 1 is 1.00 bits per heavy atom. The molecule has 1 aromatic rings. The number of benzene rings is 1. The zero-order valence-corrected chi connectivity index (χ0v) is 10.3. The first-order valence-electron chi connectivity index (χ1n) is 5.68. The molecule has 3 heteroatoms. The average Bonchev–Trinajstić information content (AvgIpc) is 2.29. The molecule has 0 aliphatic heterocycles. The summed E-state index contributed by atoms with van der Waals surface area (Å²) < 4.78 is 37.7. The maximum absolute atomic E-state index is 12.6. The quantitative estimate of drug-likeness (QED) is 0.683. The van der Waals surface area contributed by atoms with Crippen molar-refractivity contribution in [1.29, 1.82) is 0 Å². The molecule has 0 unspecified atom stereocenters. The Labute approximate surface area is 95.5 Å². The maximum Gasteiger partial charge on any atom is 0.416 e. The SMILES string of the molecule is CC.CCc1ccc(CC)c(C(F)(F)F)c1. The number of alkyl halides is 3. The van der Waals surface area contributed by atoms with Gasteiger partial charge < -0.3 is 0 Å². The molecule has 0 aliphatic carbocycles. The largest absolute Gasteiger partial charge is 0.416 e. The second kappa shape index (κ2) is 6.56. The molecule has 0 bridgehead atoms. The Hall–Kier alpha value is -0.990. The van der Waals surface area contributed by atoms with Crippen LogP contribution in [0.5, 0.6) is 0 Å².